The van der Waals surface area contributed by atoms with Crippen LogP contribution in [-0.4, -0.2) is 4.98 Å². The molecule has 1 nitrogen and oxygen atoms in total. The average molecular weight is 267 g/mol. The molecule has 1 heterocycles. The lowest BCUT2D eigenvalue weighted by atomic mass is 10.1. The van der Waals surface area contributed by atoms with Crippen LogP contribution in [0.2, 0.25) is 0 Å². The Bertz CT molecular complexity index is 293. The van der Waals surface area contributed by atoms with Crippen molar-refractivity contribution in [3.05, 3.63) is 16.9 Å². The van der Waals surface area contributed by atoms with E-state index in [1.165, 1.54) is 89.5 Å². The van der Waals surface area contributed by atoms with Crippen LogP contribution in [-0.2, 0) is 6.42 Å². The lowest BCUT2D eigenvalue weighted by molar-refractivity contribution is 0.556. The summed E-state index contributed by atoms with van der Waals surface area (Å²) in [5.41, 5.74) is 1.51. The van der Waals surface area contributed by atoms with Gasteiger partial charge in [0.25, 0.3) is 0 Å². The van der Waals surface area contributed by atoms with Crippen LogP contribution >= 0.6 is 8.19 Å². The van der Waals surface area contributed by atoms with Crippen LogP contribution in [0.1, 0.15) is 81.9 Å². The first-order chi connectivity index (χ1) is 8.83. The molecule has 1 rings (SSSR count). The van der Waals surface area contributed by atoms with Crippen LogP contribution in [0.15, 0.2) is 6.20 Å². The van der Waals surface area contributed by atoms with Gasteiger partial charge in [0.05, 0.1) is 0 Å². The van der Waals surface area contributed by atoms with E-state index in [1.54, 1.807) is 0 Å². The third-order valence-corrected chi connectivity index (χ3v) is 4.63. The first-order valence-electron chi connectivity index (χ1n) is 7.84. The molecule has 0 spiro atoms. The second-order valence-corrected chi connectivity index (χ2v) is 6.89. The Labute approximate surface area is 115 Å². The second kappa shape index (κ2) is 10.6. The first kappa shape index (κ1) is 15.8. The standard InChI is InChI=1S/C16H30NP/c1-3-4-5-6-7-8-9-10-11-12-13-16-17-14-15(2)18-16/h14,17H,3-13H2,1-2H3. The number of H-pyrrole nitrogens is 1. The van der Waals surface area contributed by atoms with E-state index in [-0.39, 0.29) is 0 Å². The zero-order valence-electron chi connectivity index (χ0n) is 12.3. The molecule has 1 aromatic rings. The van der Waals surface area contributed by atoms with Gasteiger partial charge in [0.1, 0.15) is 0 Å². The van der Waals surface area contributed by atoms with Gasteiger partial charge in [-0.25, -0.2) is 0 Å². The van der Waals surface area contributed by atoms with Gasteiger partial charge in [-0.1, -0.05) is 64.7 Å². The Hall–Kier alpha value is -0.290. The fourth-order valence-corrected chi connectivity index (χ4v) is 3.33. The number of aromatic nitrogens is 1. The van der Waals surface area contributed by atoms with Gasteiger partial charge in [-0.2, -0.15) is 0 Å². The Morgan fingerprint density at radius 3 is 1.94 bits per heavy atom. The van der Waals surface area contributed by atoms with Crippen LogP contribution in [0.4, 0.5) is 0 Å². The van der Waals surface area contributed by atoms with Gasteiger partial charge in [-0.3, -0.25) is 0 Å². The maximum absolute atomic E-state index is 3.38. The molecular formula is C16H30NP. The molecule has 1 aromatic heterocycles. The second-order valence-electron chi connectivity index (χ2n) is 5.42. The molecular weight excluding hydrogens is 237 g/mol. The summed E-state index contributed by atoms with van der Waals surface area (Å²) in [5, 5.41) is 1.46. The maximum atomic E-state index is 3.38. The minimum absolute atomic E-state index is 1.27. The third kappa shape index (κ3) is 7.93. The largest absolute Gasteiger partial charge is 0.361 e. The van der Waals surface area contributed by atoms with Crippen molar-refractivity contribution in [2.45, 2.75) is 84.5 Å². The zero-order valence-corrected chi connectivity index (χ0v) is 13.2. The van der Waals surface area contributed by atoms with E-state index >= 15 is 0 Å². The van der Waals surface area contributed by atoms with Gasteiger partial charge in [0.2, 0.25) is 0 Å². The van der Waals surface area contributed by atoms with Gasteiger partial charge in [-0.05, 0) is 33.3 Å². The highest BCUT2D eigenvalue weighted by atomic mass is 31.0. The van der Waals surface area contributed by atoms with Gasteiger partial charge in [0, 0.05) is 11.6 Å². The van der Waals surface area contributed by atoms with E-state index in [0.29, 0.717) is 0 Å². The smallest absolute Gasteiger partial charge is 0.0427 e. The Balaban J connectivity index is 1.81. The lowest BCUT2D eigenvalue weighted by Crippen LogP contribution is -1.85. The number of aryl methyl sites for hydroxylation is 2. The van der Waals surface area contributed by atoms with Crippen LogP contribution in [0.3, 0.4) is 0 Å². The summed E-state index contributed by atoms with van der Waals surface area (Å²) in [5.74, 6) is 0. The van der Waals surface area contributed by atoms with E-state index in [1.807, 2.05) is 0 Å². The van der Waals surface area contributed by atoms with Crippen molar-refractivity contribution in [3.63, 3.8) is 0 Å². The Kier molecular flexibility index (Phi) is 9.30. The molecule has 1 N–H and O–H groups in total. The van der Waals surface area contributed by atoms with E-state index in [9.17, 15) is 0 Å². The number of unbranched alkanes of at least 4 members (excludes halogenated alkanes) is 9. The molecule has 0 saturated heterocycles. The van der Waals surface area contributed by atoms with Crippen molar-refractivity contribution in [1.82, 2.24) is 4.98 Å². The SMILES string of the molecule is CCCCCCCCCCCCc1[nH]cc(C)p1. The summed E-state index contributed by atoms with van der Waals surface area (Å²) in [6, 6.07) is 0. The molecule has 0 aliphatic heterocycles. The number of hydrogen-bond acceptors (Lipinski definition) is 0. The molecule has 0 aromatic carbocycles. The molecule has 0 fully saturated rings. The van der Waals surface area contributed by atoms with E-state index in [0.717, 1.165) is 0 Å². The Morgan fingerprint density at radius 1 is 0.889 bits per heavy atom. The van der Waals surface area contributed by atoms with Crippen molar-refractivity contribution in [1.29, 1.82) is 0 Å². The predicted octanol–water partition coefficient (Wildman–Crippen LogP) is 6.37. The maximum Gasteiger partial charge on any atom is 0.0427 e. The molecule has 18 heavy (non-hydrogen) atoms. The fourth-order valence-electron chi connectivity index (χ4n) is 2.37. The molecule has 0 aliphatic rings. The fraction of sp³-hybridized carbons (Fsp3) is 0.812. The molecule has 0 saturated carbocycles. The molecule has 0 unspecified atom stereocenters. The van der Waals surface area contributed by atoms with Crippen LogP contribution in [0.5, 0.6) is 0 Å². The summed E-state index contributed by atoms with van der Waals surface area (Å²) < 4.78 is 0. The lowest BCUT2D eigenvalue weighted by Gasteiger charge is -2.01. The van der Waals surface area contributed by atoms with Crippen LogP contribution < -0.4 is 0 Å². The molecule has 2 heteroatoms. The third-order valence-electron chi connectivity index (χ3n) is 3.53. The van der Waals surface area contributed by atoms with Gasteiger partial charge in [0.15, 0.2) is 0 Å². The molecule has 0 amide bonds. The summed E-state index contributed by atoms with van der Waals surface area (Å²) in [6.45, 7) is 4.48. The summed E-state index contributed by atoms with van der Waals surface area (Å²) in [7, 11) is 1.43. The van der Waals surface area contributed by atoms with E-state index < -0.39 is 0 Å². The Morgan fingerprint density at radius 2 is 1.44 bits per heavy atom. The molecule has 0 aliphatic carbocycles. The van der Waals surface area contributed by atoms with Crippen molar-refractivity contribution < 1.29 is 0 Å². The van der Waals surface area contributed by atoms with Crippen molar-refractivity contribution in [2.24, 2.45) is 0 Å². The molecule has 0 atom stereocenters. The highest BCUT2D eigenvalue weighted by molar-refractivity contribution is 7.31. The van der Waals surface area contributed by atoms with Crippen molar-refractivity contribution >= 4 is 8.19 Å². The average Bonchev–Trinajstić information content (AvgIpc) is 2.77. The molecule has 104 valence electrons. The van der Waals surface area contributed by atoms with Crippen LogP contribution in [0, 0.1) is 6.92 Å². The van der Waals surface area contributed by atoms with E-state index in [2.05, 4.69) is 25.0 Å². The number of hydrogen-bond donors (Lipinski definition) is 1. The van der Waals surface area contributed by atoms with Gasteiger partial charge in [-0.15, -0.1) is 0 Å². The minimum Gasteiger partial charge on any atom is -0.361 e. The highest BCUT2D eigenvalue weighted by Crippen LogP contribution is 2.20. The monoisotopic (exact) mass is 267 g/mol. The predicted molar refractivity (Wildman–Crippen MR) is 83.6 cm³/mol. The first-order valence-corrected chi connectivity index (χ1v) is 8.73. The topological polar surface area (TPSA) is 15.8 Å². The minimum atomic E-state index is 1.27. The van der Waals surface area contributed by atoms with Crippen molar-refractivity contribution in [2.75, 3.05) is 0 Å². The van der Waals surface area contributed by atoms with Crippen molar-refractivity contribution in [3.8, 4) is 0 Å². The van der Waals surface area contributed by atoms with Gasteiger partial charge < -0.3 is 4.98 Å². The normalized spacial score (nSPS) is 11.4. The quantitative estimate of drug-likeness (QED) is 0.448. The summed E-state index contributed by atoms with van der Waals surface area (Å²) in [4.78, 5) is 3.38. The van der Waals surface area contributed by atoms with E-state index in [4.69, 9.17) is 0 Å². The highest BCUT2D eigenvalue weighted by Gasteiger charge is 1.97. The molecule has 0 radical (unpaired) electrons. The molecule has 0 bridgehead atoms. The number of rotatable bonds is 11. The summed E-state index contributed by atoms with van der Waals surface area (Å²) >= 11 is 0. The van der Waals surface area contributed by atoms with Gasteiger partial charge >= 0.3 is 0 Å². The number of aromatic amines is 1. The number of nitrogens with one attached hydrogen (secondary N) is 1. The summed E-state index contributed by atoms with van der Waals surface area (Å²) in [6.07, 6.45) is 17.7. The zero-order chi connectivity index (χ0) is 13.1. The van der Waals surface area contributed by atoms with Crippen LogP contribution in [0.25, 0.3) is 0 Å².